The van der Waals surface area contributed by atoms with Gasteiger partial charge in [0.05, 0.1) is 16.7 Å². The van der Waals surface area contributed by atoms with Gasteiger partial charge in [-0.15, -0.1) is 11.6 Å². The highest BCUT2D eigenvalue weighted by atomic mass is 79.9. The Bertz CT molecular complexity index is 811. The molecule has 0 spiro atoms. The Hall–Kier alpha value is -1.03. The molecule has 0 aliphatic rings. The minimum atomic E-state index is 0.534. The summed E-state index contributed by atoms with van der Waals surface area (Å²) in [5, 5.41) is 0.692. The largest absolute Gasteiger partial charge is 0.296 e. The zero-order chi connectivity index (χ0) is 15.0. The molecule has 0 aliphatic heterocycles. The minimum absolute atomic E-state index is 0.534. The maximum atomic E-state index is 6.07. The lowest BCUT2D eigenvalue weighted by Crippen LogP contribution is -2.04. The summed E-state index contributed by atoms with van der Waals surface area (Å²) in [5.74, 6) is 1.49. The highest BCUT2D eigenvalue weighted by molar-refractivity contribution is 9.10. The van der Waals surface area contributed by atoms with E-state index < -0.39 is 0 Å². The summed E-state index contributed by atoms with van der Waals surface area (Å²) >= 11 is 15.5. The van der Waals surface area contributed by atoms with Crippen LogP contribution < -0.4 is 0 Å². The number of hydrogen-bond acceptors (Lipinski definition) is 1. The van der Waals surface area contributed by atoms with Crippen molar-refractivity contribution in [2.45, 2.75) is 13.3 Å². The molecule has 0 unspecified atom stereocenters. The first-order chi connectivity index (χ1) is 10.1. The van der Waals surface area contributed by atoms with Gasteiger partial charge in [-0.3, -0.25) is 4.57 Å². The summed E-state index contributed by atoms with van der Waals surface area (Å²) in [7, 11) is 0. The van der Waals surface area contributed by atoms with E-state index in [1.54, 1.807) is 0 Å². The topological polar surface area (TPSA) is 17.8 Å². The Kier molecular flexibility index (Phi) is 4.25. The molecule has 0 amide bonds. The molecule has 0 aliphatic carbocycles. The van der Waals surface area contributed by atoms with E-state index in [-0.39, 0.29) is 0 Å². The molecular weight excluding hydrogens is 371 g/mol. The maximum Gasteiger partial charge on any atom is 0.115 e. The molecule has 1 aromatic heterocycles. The van der Waals surface area contributed by atoms with Crippen LogP contribution in [0.3, 0.4) is 0 Å². The predicted molar refractivity (Wildman–Crippen MR) is 92.9 cm³/mol. The molecule has 108 valence electrons. The Morgan fingerprint density at radius 3 is 2.71 bits per heavy atom. The second-order valence-electron chi connectivity index (χ2n) is 4.87. The maximum absolute atomic E-state index is 6.07. The molecule has 0 fully saturated rings. The predicted octanol–water partition coefficient (Wildman–Crippen LogP) is 5.53. The van der Waals surface area contributed by atoms with Crippen molar-refractivity contribution < 1.29 is 0 Å². The SMILES string of the molecule is Cc1cc(Br)ccc1-n1c(CCCl)nc2cc(Cl)ccc21. The molecule has 0 saturated heterocycles. The van der Waals surface area contributed by atoms with E-state index in [2.05, 4.69) is 44.5 Å². The molecule has 5 heteroatoms. The van der Waals surface area contributed by atoms with Gasteiger partial charge in [-0.1, -0.05) is 27.5 Å². The van der Waals surface area contributed by atoms with Gasteiger partial charge in [0.25, 0.3) is 0 Å². The molecule has 3 aromatic rings. The number of fused-ring (bicyclic) bond motifs is 1. The van der Waals surface area contributed by atoms with E-state index in [0.717, 1.165) is 27.0 Å². The van der Waals surface area contributed by atoms with Crippen molar-refractivity contribution in [2.24, 2.45) is 0 Å². The molecule has 1 heterocycles. The molecule has 3 rings (SSSR count). The number of rotatable bonds is 3. The molecule has 0 radical (unpaired) electrons. The van der Waals surface area contributed by atoms with Crippen molar-refractivity contribution in [1.29, 1.82) is 0 Å². The van der Waals surface area contributed by atoms with E-state index in [1.165, 1.54) is 5.56 Å². The standard InChI is InChI=1S/C16H13BrCl2N2/c1-10-8-11(17)2-4-14(10)21-15-5-3-12(19)9-13(15)20-16(21)6-7-18/h2-5,8-9H,6-7H2,1H3. The lowest BCUT2D eigenvalue weighted by Gasteiger charge is -2.12. The van der Waals surface area contributed by atoms with Crippen molar-refractivity contribution in [3.63, 3.8) is 0 Å². The van der Waals surface area contributed by atoms with Gasteiger partial charge in [0, 0.05) is 21.8 Å². The third kappa shape index (κ3) is 2.83. The molecule has 21 heavy (non-hydrogen) atoms. The fourth-order valence-electron chi connectivity index (χ4n) is 2.49. The van der Waals surface area contributed by atoms with Crippen LogP contribution >= 0.6 is 39.1 Å². The van der Waals surface area contributed by atoms with Crippen LogP contribution in [0.25, 0.3) is 16.7 Å². The highest BCUT2D eigenvalue weighted by Gasteiger charge is 2.14. The van der Waals surface area contributed by atoms with Crippen molar-refractivity contribution in [3.8, 4) is 5.69 Å². The Morgan fingerprint density at radius 1 is 1.19 bits per heavy atom. The fourth-order valence-corrected chi connectivity index (χ4v) is 3.31. The Labute approximate surface area is 141 Å². The Balaban J connectivity index is 2.30. The van der Waals surface area contributed by atoms with Crippen LogP contribution in [0.5, 0.6) is 0 Å². The zero-order valence-electron chi connectivity index (χ0n) is 11.4. The monoisotopic (exact) mass is 382 g/mol. The van der Waals surface area contributed by atoms with E-state index in [0.29, 0.717) is 17.3 Å². The molecule has 0 atom stereocenters. The van der Waals surface area contributed by atoms with Crippen molar-refractivity contribution in [3.05, 3.63) is 57.3 Å². The number of hydrogen-bond donors (Lipinski definition) is 0. The summed E-state index contributed by atoms with van der Waals surface area (Å²) in [6, 6.07) is 12.0. The second kappa shape index (κ2) is 5.99. The average Bonchev–Trinajstić information content (AvgIpc) is 2.76. The van der Waals surface area contributed by atoms with Gasteiger partial charge in [0.15, 0.2) is 0 Å². The quantitative estimate of drug-likeness (QED) is 0.543. The molecule has 0 saturated carbocycles. The minimum Gasteiger partial charge on any atom is -0.296 e. The highest BCUT2D eigenvalue weighted by Crippen LogP contribution is 2.27. The third-order valence-corrected chi connectivity index (χ3v) is 4.32. The number of nitrogens with zero attached hydrogens (tertiary/aromatic N) is 2. The van der Waals surface area contributed by atoms with Crippen molar-refractivity contribution >= 4 is 50.2 Å². The van der Waals surface area contributed by atoms with Gasteiger partial charge < -0.3 is 0 Å². The van der Waals surface area contributed by atoms with Crippen molar-refractivity contribution in [2.75, 3.05) is 5.88 Å². The van der Waals surface area contributed by atoms with Gasteiger partial charge in [-0.2, -0.15) is 0 Å². The number of halogens is 3. The van der Waals surface area contributed by atoms with Crippen LogP contribution in [0.2, 0.25) is 5.02 Å². The average molecular weight is 384 g/mol. The van der Waals surface area contributed by atoms with E-state index in [1.807, 2.05) is 24.3 Å². The van der Waals surface area contributed by atoms with Gasteiger partial charge >= 0.3 is 0 Å². The Morgan fingerprint density at radius 2 is 2.00 bits per heavy atom. The molecule has 0 N–H and O–H groups in total. The van der Waals surface area contributed by atoms with Gasteiger partial charge in [0.2, 0.25) is 0 Å². The number of aromatic nitrogens is 2. The van der Waals surface area contributed by atoms with E-state index >= 15 is 0 Å². The first-order valence-corrected chi connectivity index (χ1v) is 8.30. The third-order valence-electron chi connectivity index (χ3n) is 3.40. The van der Waals surface area contributed by atoms with Crippen LogP contribution in [-0.2, 0) is 6.42 Å². The molecule has 2 aromatic carbocycles. The summed E-state index contributed by atoms with van der Waals surface area (Å²) in [6.07, 6.45) is 0.712. The number of aryl methyl sites for hydroxylation is 2. The fraction of sp³-hybridized carbons (Fsp3) is 0.188. The van der Waals surface area contributed by atoms with Crippen LogP contribution in [0.15, 0.2) is 40.9 Å². The summed E-state index contributed by atoms with van der Waals surface area (Å²) in [4.78, 5) is 4.69. The molecular formula is C16H13BrCl2N2. The van der Waals surface area contributed by atoms with E-state index in [9.17, 15) is 0 Å². The zero-order valence-corrected chi connectivity index (χ0v) is 14.5. The second-order valence-corrected chi connectivity index (χ2v) is 6.60. The molecule has 2 nitrogen and oxygen atoms in total. The summed E-state index contributed by atoms with van der Waals surface area (Å²) in [5.41, 5.74) is 4.23. The lowest BCUT2D eigenvalue weighted by molar-refractivity contribution is 0.906. The summed E-state index contributed by atoms with van der Waals surface area (Å²) < 4.78 is 3.23. The smallest absolute Gasteiger partial charge is 0.115 e. The lowest BCUT2D eigenvalue weighted by atomic mass is 10.2. The van der Waals surface area contributed by atoms with Crippen LogP contribution in [0, 0.1) is 6.92 Å². The first-order valence-electron chi connectivity index (χ1n) is 6.59. The number of benzene rings is 2. The van der Waals surface area contributed by atoms with Crippen LogP contribution in [0.4, 0.5) is 0 Å². The van der Waals surface area contributed by atoms with Crippen LogP contribution in [0.1, 0.15) is 11.4 Å². The number of imidazole rings is 1. The molecule has 0 bridgehead atoms. The van der Waals surface area contributed by atoms with Gasteiger partial charge in [-0.25, -0.2) is 4.98 Å². The van der Waals surface area contributed by atoms with Gasteiger partial charge in [0.1, 0.15) is 5.82 Å². The van der Waals surface area contributed by atoms with Crippen molar-refractivity contribution in [1.82, 2.24) is 9.55 Å². The van der Waals surface area contributed by atoms with Crippen LogP contribution in [-0.4, -0.2) is 15.4 Å². The van der Waals surface area contributed by atoms with Gasteiger partial charge in [-0.05, 0) is 48.9 Å². The first kappa shape index (κ1) is 14.9. The normalized spacial score (nSPS) is 11.2. The number of alkyl halides is 1. The summed E-state index contributed by atoms with van der Waals surface area (Å²) in [6.45, 7) is 2.09. The van der Waals surface area contributed by atoms with E-state index in [4.69, 9.17) is 23.2 Å².